The van der Waals surface area contributed by atoms with Crippen molar-refractivity contribution in [1.29, 1.82) is 0 Å². The van der Waals surface area contributed by atoms with E-state index in [0.717, 1.165) is 40.2 Å². The van der Waals surface area contributed by atoms with E-state index in [4.69, 9.17) is 14.7 Å². The molecular weight excluding hydrogens is 424 g/mol. The highest BCUT2D eigenvalue weighted by Crippen LogP contribution is 2.44. The normalized spacial score (nSPS) is 15.3. The number of rotatable bonds is 10. The molecule has 1 fully saturated rings. The Balaban J connectivity index is 1.33. The summed E-state index contributed by atoms with van der Waals surface area (Å²) in [5.74, 6) is -1.62. The van der Waals surface area contributed by atoms with Crippen LogP contribution in [0.4, 0.5) is 4.79 Å². The van der Waals surface area contributed by atoms with Gasteiger partial charge in [-0.15, -0.1) is 0 Å². The molecule has 1 atom stereocenters. The van der Waals surface area contributed by atoms with Crippen molar-refractivity contribution in [1.82, 2.24) is 10.4 Å². The predicted molar refractivity (Wildman–Crippen MR) is 120 cm³/mol. The third-order valence-corrected chi connectivity index (χ3v) is 6.19. The van der Waals surface area contributed by atoms with Crippen molar-refractivity contribution in [2.24, 2.45) is 11.8 Å². The number of aliphatic carboxylic acids is 1. The summed E-state index contributed by atoms with van der Waals surface area (Å²) in [6.07, 6.45) is 2.13. The van der Waals surface area contributed by atoms with E-state index >= 15 is 0 Å². The summed E-state index contributed by atoms with van der Waals surface area (Å²) in [5, 5.41) is 12.4. The number of hydrogen-bond donors (Lipinski definition) is 2. The van der Waals surface area contributed by atoms with Gasteiger partial charge in [-0.2, -0.15) is 0 Å². The van der Waals surface area contributed by atoms with Gasteiger partial charge < -0.3 is 15.2 Å². The van der Waals surface area contributed by atoms with Crippen molar-refractivity contribution in [3.05, 3.63) is 59.7 Å². The number of benzene rings is 2. The van der Waals surface area contributed by atoms with Crippen LogP contribution in [-0.2, 0) is 19.2 Å². The fourth-order valence-corrected chi connectivity index (χ4v) is 4.36. The number of nitrogens with one attached hydrogen (secondary N) is 1. The van der Waals surface area contributed by atoms with Gasteiger partial charge in [0.1, 0.15) is 6.61 Å². The van der Waals surface area contributed by atoms with Gasteiger partial charge in [0.2, 0.25) is 0 Å². The standard InChI is InChI=1S/C25H28N2O6/c1-27(33-15-23(28)29)24(30)17(12-16-10-11-16)13-26-25(31)32-14-22-20-8-4-2-6-18(20)19-7-3-5-9-21(19)22/h2-9,16-17,22H,10-15H2,1H3,(H,26,31)(H,28,29). The number of ether oxygens (including phenoxy) is 1. The fourth-order valence-electron chi connectivity index (χ4n) is 4.36. The molecule has 2 aromatic rings. The van der Waals surface area contributed by atoms with Gasteiger partial charge in [-0.3, -0.25) is 9.63 Å². The minimum Gasteiger partial charge on any atom is -0.479 e. The van der Waals surface area contributed by atoms with Crippen molar-refractivity contribution in [2.45, 2.75) is 25.2 Å². The summed E-state index contributed by atoms with van der Waals surface area (Å²) < 4.78 is 5.55. The van der Waals surface area contributed by atoms with E-state index in [2.05, 4.69) is 29.6 Å². The topological polar surface area (TPSA) is 105 Å². The molecule has 0 aromatic heterocycles. The molecule has 2 aliphatic rings. The fraction of sp³-hybridized carbons (Fsp3) is 0.400. The Morgan fingerprint density at radius 2 is 1.67 bits per heavy atom. The zero-order valence-electron chi connectivity index (χ0n) is 18.5. The summed E-state index contributed by atoms with van der Waals surface area (Å²) in [7, 11) is 1.39. The molecular formula is C25H28N2O6. The van der Waals surface area contributed by atoms with Crippen LogP contribution in [0.15, 0.2) is 48.5 Å². The molecule has 174 valence electrons. The zero-order valence-corrected chi connectivity index (χ0v) is 18.5. The van der Waals surface area contributed by atoms with Gasteiger partial charge in [0.05, 0.1) is 5.92 Å². The highest BCUT2D eigenvalue weighted by Gasteiger charge is 2.32. The highest BCUT2D eigenvalue weighted by molar-refractivity contribution is 5.80. The second-order valence-electron chi connectivity index (χ2n) is 8.59. The quantitative estimate of drug-likeness (QED) is 0.535. The molecule has 4 rings (SSSR count). The third kappa shape index (κ3) is 5.51. The SMILES string of the molecule is CN(OCC(=O)O)C(=O)C(CNC(=O)OCC1c2ccccc2-c2ccccc21)CC1CC1. The molecule has 0 bridgehead atoms. The highest BCUT2D eigenvalue weighted by atomic mass is 16.7. The van der Waals surface area contributed by atoms with Gasteiger partial charge in [0, 0.05) is 19.5 Å². The predicted octanol–water partition coefficient (Wildman–Crippen LogP) is 3.42. The summed E-state index contributed by atoms with van der Waals surface area (Å²) in [4.78, 5) is 40.8. The Morgan fingerprint density at radius 3 is 2.24 bits per heavy atom. The molecule has 2 aromatic carbocycles. The molecule has 2 N–H and O–H groups in total. The van der Waals surface area contributed by atoms with Gasteiger partial charge in [-0.1, -0.05) is 61.4 Å². The van der Waals surface area contributed by atoms with Crippen LogP contribution in [0.2, 0.25) is 0 Å². The smallest absolute Gasteiger partial charge is 0.407 e. The Morgan fingerprint density at radius 1 is 1.06 bits per heavy atom. The second kappa shape index (κ2) is 10.0. The van der Waals surface area contributed by atoms with E-state index in [9.17, 15) is 14.4 Å². The van der Waals surface area contributed by atoms with Crippen molar-refractivity contribution < 1.29 is 29.1 Å². The van der Waals surface area contributed by atoms with Crippen LogP contribution < -0.4 is 5.32 Å². The number of carboxylic acid groups (broad SMARTS) is 1. The first-order valence-corrected chi connectivity index (χ1v) is 11.1. The van der Waals surface area contributed by atoms with E-state index in [-0.39, 0.29) is 25.0 Å². The maximum atomic E-state index is 12.7. The summed E-state index contributed by atoms with van der Waals surface area (Å²) in [6, 6.07) is 16.2. The number of fused-ring (bicyclic) bond motifs is 3. The number of carbonyl (C=O) groups excluding carboxylic acids is 2. The lowest BCUT2D eigenvalue weighted by atomic mass is 9.98. The first-order valence-electron chi connectivity index (χ1n) is 11.1. The molecule has 2 aliphatic carbocycles. The van der Waals surface area contributed by atoms with Crippen molar-refractivity contribution in [2.75, 3.05) is 26.8 Å². The number of carboxylic acids is 1. The minimum absolute atomic E-state index is 0.0393. The lowest BCUT2D eigenvalue weighted by Crippen LogP contribution is -2.41. The van der Waals surface area contributed by atoms with Crippen LogP contribution in [0.25, 0.3) is 11.1 Å². The van der Waals surface area contributed by atoms with Crippen LogP contribution in [0.5, 0.6) is 0 Å². The molecule has 33 heavy (non-hydrogen) atoms. The van der Waals surface area contributed by atoms with Crippen molar-refractivity contribution in [3.8, 4) is 11.1 Å². The number of nitrogens with zero attached hydrogens (tertiary/aromatic N) is 1. The van der Waals surface area contributed by atoms with Crippen LogP contribution in [0.1, 0.15) is 36.3 Å². The molecule has 0 saturated heterocycles. The van der Waals surface area contributed by atoms with Gasteiger partial charge in [0.25, 0.3) is 5.91 Å². The minimum atomic E-state index is -1.16. The largest absolute Gasteiger partial charge is 0.479 e. The number of hydroxylamine groups is 2. The lowest BCUT2D eigenvalue weighted by Gasteiger charge is -2.23. The van der Waals surface area contributed by atoms with E-state index in [0.29, 0.717) is 12.3 Å². The van der Waals surface area contributed by atoms with Gasteiger partial charge >= 0.3 is 12.1 Å². The Labute approximate surface area is 192 Å². The van der Waals surface area contributed by atoms with Gasteiger partial charge in [-0.25, -0.2) is 14.7 Å². The molecule has 0 spiro atoms. The molecule has 2 amide bonds. The molecule has 0 radical (unpaired) electrons. The van der Waals surface area contributed by atoms with E-state index < -0.39 is 24.6 Å². The molecule has 1 unspecified atom stereocenters. The molecule has 8 nitrogen and oxygen atoms in total. The average molecular weight is 453 g/mol. The molecule has 0 heterocycles. The average Bonchev–Trinajstić information content (AvgIpc) is 3.59. The Kier molecular flexibility index (Phi) is 6.93. The Hall–Kier alpha value is -3.39. The van der Waals surface area contributed by atoms with Crippen LogP contribution >= 0.6 is 0 Å². The number of hydrogen-bond acceptors (Lipinski definition) is 5. The summed E-state index contributed by atoms with van der Waals surface area (Å²) in [6.45, 7) is -0.298. The third-order valence-electron chi connectivity index (χ3n) is 6.19. The molecule has 0 aliphatic heterocycles. The van der Waals surface area contributed by atoms with Crippen LogP contribution in [0, 0.1) is 11.8 Å². The number of amides is 2. The summed E-state index contributed by atoms with van der Waals surface area (Å²) >= 11 is 0. The number of carbonyl (C=O) groups is 3. The van der Waals surface area contributed by atoms with Gasteiger partial charge in [-0.05, 0) is 34.6 Å². The van der Waals surface area contributed by atoms with E-state index in [1.54, 1.807) is 0 Å². The summed E-state index contributed by atoms with van der Waals surface area (Å²) in [5.41, 5.74) is 4.57. The lowest BCUT2D eigenvalue weighted by molar-refractivity contribution is -0.189. The van der Waals surface area contributed by atoms with E-state index in [1.807, 2.05) is 24.3 Å². The Bertz CT molecular complexity index is 990. The molecule has 8 heteroatoms. The maximum absolute atomic E-state index is 12.7. The van der Waals surface area contributed by atoms with Crippen molar-refractivity contribution in [3.63, 3.8) is 0 Å². The zero-order chi connectivity index (χ0) is 23.4. The first kappa shape index (κ1) is 22.8. The molecule has 1 saturated carbocycles. The van der Waals surface area contributed by atoms with E-state index in [1.165, 1.54) is 7.05 Å². The van der Waals surface area contributed by atoms with Gasteiger partial charge in [0.15, 0.2) is 6.61 Å². The monoisotopic (exact) mass is 452 g/mol. The maximum Gasteiger partial charge on any atom is 0.407 e. The second-order valence-corrected chi connectivity index (χ2v) is 8.59. The number of alkyl carbamates (subject to hydrolysis) is 1. The van der Waals surface area contributed by atoms with Crippen molar-refractivity contribution >= 4 is 18.0 Å². The first-order chi connectivity index (χ1) is 15.9. The van der Waals surface area contributed by atoms with Crippen LogP contribution in [-0.4, -0.2) is 54.9 Å². The van der Waals surface area contributed by atoms with Crippen LogP contribution in [0.3, 0.4) is 0 Å².